The molecule has 5 rings (SSSR count). The van der Waals surface area contributed by atoms with Gasteiger partial charge in [-0.15, -0.1) is 0 Å². The first-order valence-corrected chi connectivity index (χ1v) is 15.8. The summed E-state index contributed by atoms with van der Waals surface area (Å²) in [7, 11) is 0. The Hall–Kier alpha value is -0.870. The predicted molar refractivity (Wildman–Crippen MR) is 150 cm³/mol. The number of nitrogens with zero attached hydrogens (tertiary/aromatic N) is 1. The van der Waals surface area contributed by atoms with Gasteiger partial charge in [-0.1, -0.05) is 46.3 Å². The zero-order valence-electron chi connectivity index (χ0n) is 24.5. The molecule has 4 aliphatic carbocycles. The highest BCUT2D eigenvalue weighted by atomic mass is 16.3. The van der Waals surface area contributed by atoms with E-state index < -0.39 is 5.60 Å². The van der Waals surface area contributed by atoms with E-state index in [0.29, 0.717) is 48.1 Å². The van der Waals surface area contributed by atoms with E-state index in [0.717, 1.165) is 68.6 Å². The molecule has 3 saturated carbocycles. The zero-order valence-corrected chi connectivity index (χ0v) is 24.5. The number of allylic oxidation sites excluding steroid dienone is 1. The summed E-state index contributed by atoms with van der Waals surface area (Å²) in [5.74, 6) is 4.53. The number of amides is 1. The normalized spacial score (nSPS) is 42.0. The maximum atomic E-state index is 13.1. The van der Waals surface area contributed by atoms with E-state index in [9.17, 15) is 15.0 Å². The van der Waals surface area contributed by atoms with Crippen LogP contribution in [0.5, 0.6) is 0 Å². The van der Waals surface area contributed by atoms with Crippen molar-refractivity contribution in [2.45, 2.75) is 130 Å². The molecule has 4 heteroatoms. The summed E-state index contributed by atoms with van der Waals surface area (Å²) in [5.41, 5.74) is 1.72. The molecule has 1 aliphatic heterocycles. The first kappa shape index (κ1) is 27.7. The number of fused-ring (bicyclic) bond motifs is 5. The fourth-order valence-electron chi connectivity index (χ4n) is 10.5. The lowest BCUT2D eigenvalue weighted by Crippen LogP contribution is -2.50. The van der Waals surface area contributed by atoms with Crippen LogP contribution in [0.1, 0.15) is 118 Å². The van der Waals surface area contributed by atoms with Crippen molar-refractivity contribution in [3.05, 3.63) is 11.6 Å². The van der Waals surface area contributed by atoms with Crippen LogP contribution in [0.3, 0.4) is 0 Å². The molecule has 4 fully saturated rings. The van der Waals surface area contributed by atoms with Crippen LogP contribution in [0.2, 0.25) is 0 Å². The Kier molecular flexibility index (Phi) is 7.68. The molecule has 0 aromatic rings. The highest BCUT2D eigenvalue weighted by Gasteiger charge is 2.59. The lowest BCUT2D eigenvalue weighted by atomic mass is 9.47. The van der Waals surface area contributed by atoms with E-state index >= 15 is 0 Å². The molecule has 1 amide bonds. The van der Waals surface area contributed by atoms with E-state index in [1.54, 1.807) is 5.57 Å². The summed E-state index contributed by atoms with van der Waals surface area (Å²) < 4.78 is 0. The molecule has 5 aliphatic rings. The molecule has 8 atom stereocenters. The van der Waals surface area contributed by atoms with Crippen LogP contribution in [0.15, 0.2) is 11.6 Å². The Morgan fingerprint density at radius 1 is 1.03 bits per heavy atom. The van der Waals surface area contributed by atoms with Crippen molar-refractivity contribution in [3.63, 3.8) is 0 Å². The van der Waals surface area contributed by atoms with Crippen molar-refractivity contribution in [1.29, 1.82) is 0 Å². The van der Waals surface area contributed by atoms with Crippen molar-refractivity contribution < 1.29 is 15.0 Å². The molecule has 0 aromatic heterocycles. The van der Waals surface area contributed by atoms with E-state index in [1.807, 2.05) is 4.90 Å². The fourth-order valence-corrected chi connectivity index (χ4v) is 10.5. The van der Waals surface area contributed by atoms with E-state index in [4.69, 9.17) is 0 Å². The second-order valence-corrected chi connectivity index (χ2v) is 15.1. The van der Waals surface area contributed by atoms with Gasteiger partial charge in [-0.25, -0.2) is 0 Å². The van der Waals surface area contributed by atoms with Crippen molar-refractivity contribution in [2.24, 2.45) is 46.3 Å². The van der Waals surface area contributed by atoms with Crippen LogP contribution < -0.4 is 0 Å². The molecular weight excluding hydrogens is 458 g/mol. The Morgan fingerprint density at radius 3 is 2.46 bits per heavy atom. The molecule has 37 heavy (non-hydrogen) atoms. The predicted octanol–water partition coefficient (Wildman–Crippen LogP) is 6.74. The van der Waals surface area contributed by atoms with Gasteiger partial charge in [-0.3, -0.25) is 4.79 Å². The van der Waals surface area contributed by atoms with Gasteiger partial charge in [0.25, 0.3) is 0 Å². The monoisotopic (exact) mass is 513 g/mol. The number of likely N-dealkylation sites (tertiary alicyclic amines) is 1. The Morgan fingerprint density at radius 2 is 1.76 bits per heavy atom. The van der Waals surface area contributed by atoms with Crippen LogP contribution in [0, 0.1) is 46.3 Å². The molecule has 1 saturated heterocycles. The molecule has 210 valence electrons. The highest BCUT2D eigenvalue weighted by Crippen LogP contribution is 2.67. The fraction of sp³-hybridized carbons (Fsp3) is 0.909. The van der Waals surface area contributed by atoms with Gasteiger partial charge >= 0.3 is 0 Å². The number of aliphatic hydroxyl groups is 2. The topological polar surface area (TPSA) is 60.8 Å². The minimum absolute atomic E-state index is 0.125. The van der Waals surface area contributed by atoms with Gasteiger partial charge in [0.1, 0.15) is 0 Å². The number of aliphatic hydroxyl groups excluding tert-OH is 1. The third-order valence-corrected chi connectivity index (χ3v) is 12.5. The molecule has 1 heterocycles. The van der Waals surface area contributed by atoms with Crippen LogP contribution in [0.25, 0.3) is 0 Å². The van der Waals surface area contributed by atoms with Crippen molar-refractivity contribution in [3.8, 4) is 0 Å². The quantitative estimate of drug-likeness (QED) is 0.387. The van der Waals surface area contributed by atoms with Crippen molar-refractivity contribution >= 4 is 5.91 Å². The maximum absolute atomic E-state index is 13.1. The zero-order chi connectivity index (χ0) is 26.6. The number of piperidine rings is 1. The van der Waals surface area contributed by atoms with Gasteiger partial charge in [0.15, 0.2) is 0 Å². The first-order valence-electron chi connectivity index (χ1n) is 15.8. The first-order chi connectivity index (χ1) is 17.4. The molecule has 0 spiro atoms. The molecule has 0 radical (unpaired) electrons. The second kappa shape index (κ2) is 10.3. The smallest absolute Gasteiger partial charge is 0.222 e. The van der Waals surface area contributed by atoms with Gasteiger partial charge < -0.3 is 15.1 Å². The third kappa shape index (κ3) is 5.08. The third-order valence-electron chi connectivity index (χ3n) is 12.5. The summed E-state index contributed by atoms with van der Waals surface area (Å²) in [4.78, 5) is 15.1. The average molecular weight is 514 g/mol. The number of carbonyl (C=O) groups excluding carboxylic acids is 1. The van der Waals surface area contributed by atoms with Gasteiger partial charge in [-0.2, -0.15) is 0 Å². The Bertz CT molecular complexity index is 873. The van der Waals surface area contributed by atoms with E-state index in [-0.39, 0.29) is 6.10 Å². The summed E-state index contributed by atoms with van der Waals surface area (Å²) >= 11 is 0. The maximum Gasteiger partial charge on any atom is 0.222 e. The van der Waals surface area contributed by atoms with Crippen LogP contribution >= 0.6 is 0 Å². The van der Waals surface area contributed by atoms with Crippen LogP contribution in [-0.4, -0.2) is 45.8 Å². The summed E-state index contributed by atoms with van der Waals surface area (Å²) in [6.45, 7) is 13.3. The van der Waals surface area contributed by atoms with Crippen LogP contribution in [-0.2, 0) is 4.79 Å². The van der Waals surface area contributed by atoms with Gasteiger partial charge in [0.05, 0.1) is 11.7 Å². The number of hydrogen-bond donors (Lipinski definition) is 2. The molecular formula is C33H55NO3. The number of hydrogen-bond acceptors (Lipinski definition) is 3. The van der Waals surface area contributed by atoms with Gasteiger partial charge in [-0.05, 0) is 123 Å². The Labute approximate surface area is 226 Å². The number of carbonyl (C=O) groups is 1. The minimum Gasteiger partial charge on any atom is -0.393 e. The molecule has 4 nitrogen and oxygen atoms in total. The average Bonchev–Trinajstić information content (AvgIpc) is 3.20. The van der Waals surface area contributed by atoms with E-state index in [2.05, 4.69) is 40.7 Å². The van der Waals surface area contributed by atoms with Crippen molar-refractivity contribution in [1.82, 2.24) is 4.90 Å². The summed E-state index contributed by atoms with van der Waals surface area (Å²) in [5, 5.41) is 21.2. The lowest BCUT2D eigenvalue weighted by Gasteiger charge is -2.58. The largest absolute Gasteiger partial charge is 0.393 e. The minimum atomic E-state index is -0.575. The molecule has 0 unspecified atom stereocenters. The van der Waals surface area contributed by atoms with E-state index in [1.165, 1.54) is 32.1 Å². The van der Waals surface area contributed by atoms with Gasteiger partial charge in [0, 0.05) is 19.5 Å². The summed E-state index contributed by atoms with van der Waals surface area (Å²) in [6, 6.07) is 0. The Balaban J connectivity index is 1.17. The van der Waals surface area contributed by atoms with Crippen molar-refractivity contribution in [2.75, 3.05) is 13.1 Å². The molecule has 2 N–H and O–H groups in total. The van der Waals surface area contributed by atoms with Crippen LogP contribution in [0.4, 0.5) is 0 Å². The molecule has 0 bridgehead atoms. The second-order valence-electron chi connectivity index (χ2n) is 15.1. The lowest BCUT2D eigenvalue weighted by molar-refractivity contribution is -0.136. The standard InChI is InChI=1S/C33H55NO3/c1-22(2)21-33(37)16-18-34(19-17-33)30(36)11-6-23(3)27-9-10-28-26-8-7-24-20-25(35)12-14-31(24,4)29(26)13-15-32(27,28)5/h7,22-23,25-29,35,37H,6,8-21H2,1-5H3/t23-,25+,26+,27-,28+,29+,31+,32-/m1/s1. The highest BCUT2D eigenvalue weighted by molar-refractivity contribution is 5.76. The summed E-state index contributed by atoms with van der Waals surface area (Å²) in [6.07, 6.45) is 16.0. The SMILES string of the molecule is CC(C)CC1(O)CCN(C(=O)CC[C@@H](C)[C@H]2CC[C@H]3[C@@H]4CC=C5C[C@@H](O)CC[C@]5(C)[C@H]4CC[C@]23C)CC1. The van der Waals surface area contributed by atoms with Gasteiger partial charge in [0.2, 0.25) is 5.91 Å². The number of rotatable bonds is 6. The molecule has 0 aromatic carbocycles.